The van der Waals surface area contributed by atoms with Gasteiger partial charge in [0.1, 0.15) is 0 Å². The highest BCUT2D eigenvalue weighted by Gasteiger charge is 2.11. The van der Waals surface area contributed by atoms with E-state index >= 15 is 0 Å². The molecule has 0 saturated heterocycles. The maximum absolute atomic E-state index is 10.7. The molecule has 1 N–H and O–H groups in total. The molecule has 0 aromatic heterocycles. The lowest BCUT2D eigenvalue weighted by Crippen LogP contribution is -2.23. The summed E-state index contributed by atoms with van der Waals surface area (Å²) in [6.07, 6.45) is 3.02. The Morgan fingerprint density at radius 1 is 1.29 bits per heavy atom. The second kappa shape index (κ2) is 6.79. The zero-order chi connectivity index (χ0) is 11.0. The van der Waals surface area contributed by atoms with E-state index in [9.17, 15) is 9.90 Å². The lowest BCUT2D eigenvalue weighted by Gasteiger charge is -2.17. The number of esters is 1. The van der Waals surface area contributed by atoms with E-state index in [1.54, 1.807) is 13.8 Å². The minimum absolute atomic E-state index is 0.173. The first kappa shape index (κ1) is 13.4. The van der Waals surface area contributed by atoms with E-state index in [1.807, 2.05) is 0 Å². The van der Waals surface area contributed by atoms with Crippen LogP contribution in [0.4, 0.5) is 0 Å². The number of hydrogen-bond acceptors (Lipinski definition) is 4. The lowest BCUT2D eigenvalue weighted by atomic mass is 10.2. The van der Waals surface area contributed by atoms with Gasteiger partial charge in [-0.2, -0.15) is 0 Å². The number of ether oxygens (including phenoxy) is 2. The van der Waals surface area contributed by atoms with Gasteiger partial charge in [0.15, 0.2) is 5.79 Å². The second-order valence-corrected chi connectivity index (χ2v) is 3.68. The van der Waals surface area contributed by atoms with Gasteiger partial charge < -0.3 is 14.6 Å². The summed E-state index contributed by atoms with van der Waals surface area (Å²) in [5.74, 6) is -1.23. The van der Waals surface area contributed by atoms with Gasteiger partial charge >= 0.3 is 5.97 Å². The lowest BCUT2D eigenvalue weighted by molar-refractivity contribution is -0.176. The van der Waals surface area contributed by atoms with E-state index < -0.39 is 5.79 Å². The van der Waals surface area contributed by atoms with Crippen LogP contribution in [-0.4, -0.2) is 30.6 Å². The SMILES string of the molecule is COC(=O)CCCCCOC(C)(C)O. The van der Waals surface area contributed by atoms with E-state index in [0.29, 0.717) is 13.0 Å². The molecular weight excluding hydrogens is 184 g/mol. The topological polar surface area (TPSA) is 55.8 Å². The fraction of sp³-hybridized carbons (Fsp3) is 0.900. The van der Waals surface area contributed by atoms with Gasteiger partial charge in [-0.3, -0.25) is 4.79 Å². The summed E-state index contributed by atoms with van der Waals surface area (Å²) in [5, 5.41) is 9.20. The zero-order valence-electron chi connectivity index (χ0n) is 9.21. The van der Waals surface area contributed by atoms with Crippen molar-refractivity contribution in [2.45, 2.75) is 45.3 Å². The van der Waals surface area contributed by atoms with Crippen molar-refractivity contribution in [2.75, 3.05) is 13.7 Å². The van der Waals surface area contributed by atoms with Crippen LogP contribution in [0.1, 0.15) is 39.5 Å². The first-order valence-electron chi connectivity index (χ1n) is 4.89. The number of aliphatic hydroxyl groups is 1. The van der Waals surface area contributed by atoms with E-state index in [0.717, 1.165) is 19.3 Å². The van der Waals surface area contributed by atoms with E-state index in [-0.39, 0.29) is 5.97 Å². The Bertz CT molecular complexity index is 160. The molecule has 4 heteroatoms. The number of hydrogen-bond donors (Lipinski definition) is 1. The van der Waals surface area contributed by atoms with Crippen LogP contribution in [0.5, 0.6) is 0 Å². The summed E-state index contributed by atoms with van der Waals surface area (Å²) < 4.78 is 9.60. The number of methoxy groups -OCH3 is 1. The Morgan fingerprint density at radius 2 is 1.93 bits per heavy atom. The molecule has 84 valence electrons. The van der Waals surface area contributed by atoms with Gasteiger partial charge in [0.05, 0.1) is 7.11 Å². The molecule has 0 atom stereocenters. The fourth-order valence-electron chi connectivity index (χ4n) is 0.972. The molecule has 0 unspecified atom stereocenters. The van der Waals surface area contributed by atoms with Crippen LogP contribution in [0.15, 0.2) is 0 Å². The van der Waals surface area contributed by atoms with Gasteiger partial charge in [-0.15, -0.1) is 0 Å². The molecule has 0 aliphatic carbocycles. The summed E-state index contributed by atoms with van der Waals surface area (Å²) >= 11 is 0. The molecule has 0 aromatic rings. The van der Waals surface area contributed by atoms with Gasteiger partial charge in [-0.05, 0) is 26.7 Å². The molecule has 0 rings (SSSR count). The molecule has 0 aliphatic rings. The Balaban J connectivity index is 3.18. The van der Waals surface area contributed by atoms with Gasteiger partial charge in [0.2, 0.25) is 0 Å². The van der Waals surface area contributed by atoms with E-state index in [4.69, 9.17) is 4.74 Å². The maximum atomic E-state index is 10.7. The molecular formula is C10H20O4. The summed E-state index contributed by atoms with van der Waals surface area (Å²) in [6.45, 7) is 3.72. The minimum atomic E-state index is -1.05. The first-order valence-corrected chi connectivity index (χ1v) is 4.89. The summed E-state index contributed by atoms with van der Waals surface area (Å²) in [7, 11) is 1.39. The average molecular weight is 204 g/mol. The van der Waals surface area contributed by atoms with Crippen molar-refractivity contribution >= 4 is 5.97 Å². The Hall–Kier alpha value is -0.610. The highest BCUT2D eigenvalue weighted by atomic mass is 16.6. The summed E-state index contributed by atoms with van der Waals surface area (Å²) in [5.41, 5.74) is 0. The molecule has 0 spiro atoms. The van der Waals surface area contributed by atoms with E-state index in [2.05, 4.69) is 4.74 Å². The first-order chi connectivity index (χ1) is 6.45. The fourth-order valence-corrected chi connectivity index (χ4v) is 0.972. The van der Waals surface area contributed by atoms with Crippen LogP contribution in [0, 0.1) is 0 Å². The Kier molecular flexibility index (Phi) is 6.49. The number of rotatable bonds is 7. The summed E-state index contributed by atoms with van der Waals surface area (Å²) in [6, 6.07) is 0. The van der Waals surface area contributed by atoms with Crippen molar-refractivity contribution in [1.82, 2.24) is 0 Å². The third-order valence-electron chi connectivity index (χ3n) is 1.71. The van der Waals surface area contributed by atoms with Crippen LogP contribution in [0.25, 0.3) is 0 Å². The quantitative estimate of drug-likeness (QED) is 0.387. The van der Waals surface area contributed by atoms with Crippen molar-refractivity contribution in [3.05, 3.63) is 0 Å². The molecule has 0 aromatic carbocycles. The second-order valence-electron chi connectivity index (χ2n) is 3.68. The largest absolute Gasteiger partial charge is 0.469 e. The average Bonchev–Trinajstić information content (AvgIpc) is 2.08. The van der Waals surface area contributed by atoms with Gasteiger partial charge in [-0.1, -0.05) is 6.42 Å². The third-order valence-corrected chi connectivity index (χ3v) is 1.71. The predicted molar refractivity (Wildman–Crippen MR) is 52.7 cm³/mol. The zero-order valence-corrected chi connectivity index (χ0v) is 9.21. The monoisotopic (exact) mass is 204 g/mol. The molecule has 0 amide bonds. The Labute approximate surface area is 85.2 Å². The minimum Gasteiger partial charge on any atom is -0.469 e. The van der Waals surface area contributed by atoms with Crippen molar-refractivity contribution in [2.24, 2.45) is 0 Å². The van der Waals surface area contributed by atoms with Crippen molar-refractivity contribution in [1.29, 1.82) is 0 Å². The van der Waals surface area contributed by atoms with Gasteiger partial charge in [0, 0.05) is 13.0 Å². The van der Waals surface area contributed by atoms with E-state index in [1.165, 1.54) is 7.11 Å². The summed E-state index contributed by atoms with van der Waals surface area (Å²) in [4.78, 5) is 10.7. The van der Waals surface area contributed by atoms with Crippen LogP contribution in [0.2, 0.25) is 0 Å². The maximum Gasteiger partial charge on any atom is 0.305 e. The number of carbonyl (C=O) groups is 1. The van der Waals surface area contributed by atoms with Crippen LogP contribution in [-0.2, 0) is 14.3 Å². The molecule has 4 nitrogen and oxygen atoms in total. The predicted octanol–water partition coefficient (Wildman–Crippen LogP) is 1.46. The molecule has 0 saturated carbocycles. The smallest absolute Gasteiger partial charge is 0.305 e. The standard InChI is InChI=1S/C10H20O4/c1-10(2,12)14-8-6-4-5-7-9(11)13-3/h12H,4-8H2,1-3H3. The molecule has 0 heterocycles. The van der Waals surface area contributed by atoms with Crippen LogP contribution in [0.3, 0.4) is 0 Å². The number of carbonyl (C=O) groups excluding carboxylic acids is 1. The molecule has 0 aliphatic heterocycles. The van der Waals surface area contributed by atoms with Crippen molar-refractivity contribution in [3.63, 3.8) is 0 Å². The van der Waals surface area contributed by atoms with Crippen molar-refractivity contribution < 1.29 is 19.4 Å². The molecule has 0 fully saturated rings. The normalized spacial score (nSPS) is 11.4. The van der Waals surface area contributed by atoms with Crippen LogP contribution >= 0.6 is 0 Å². The molecule has 0 radical (unpaired) electrons. The van der Waals surface area contributed by atoms with Crippen molar-refractivity contribution in [3.8, 4) is 0 Å². The van der Waals surface area contributed by atoms with Crippen LogP contribution < -0.4 is 0 Å². The third kappa shape index (κ3) is 9.48. The molecule has 0 bridgehead atoms. The van der Waals surface area contributed by atoms with Gasteiger partial charge in [-0.25, -0.2) is 0 Å². The van der Waals surface area contributed by atoms with Gasteiger partial charge in [0.25, 0.3) is 0 Å². The molecule has 14 heavy (non-hydrogen) atoms. The number of unbranched alkanes of at least 4 members (excludes halogenated alkanes) is 2. The highest BCUT2D eigenvalue weighted by molar-refractivity contribution is 5.68. The Morgan fingerprint density at radius 3 is 2.43 bits per heavy atom. The highest BCUT2D eigenvalue weighted by Crippen LogP contribution is 2.06.